The first-order valence-electron chi connectivity index (χ1n) is 10.7. The molecule has 172 valence electrons. The zero-order chi connectivity index (χ0) is 23.4. The largest absolute Gasteiger partial charge is 0.492 e. The summed E-state index contributed by atoms with van der Waals surface area (Å²) >= 11 is 5.93. The summed E-state index contributed by atoms with van der Waals surface area (Å²) in [6.45, 7) is 1.12. The van der Waals surface area contributed by atoms with E-state index >= 15 is 0 Å². The number of nitrogens with one attached hydrogen (secondary N) is 2. The van der Waals surface area contributed by atoms with Crippen molar-refractivity contribution < 1.29 is 14.3 Å². The van der Waals surface area contributed by atoms with Gasteiger partial charge in [-0.15, -0.1) is 0 Å². The molecule has 0 fully saturated rings. The van der Waals surface area contributed by atoms with E-state index in [1.54, 1.807) is 36.7 Å². The van der Waals surface area contributed by atoms with E-state index in [1.165, 1.54) is 0 Å². The molecule has 4 N–H and O–H groups in total. The number of amides is 2. The minimum absolute atomic E-state index is 0.0254. The molecule has 2 aromatic carbocycles. The van der Waals surface area contributed by atoms with Crippen LogP contribution in [0.15, 0.2) is 55.0 Å². The Kier molecular flexibility index (Phi) is 6.96. The molecule has 0 saturated carbocycles. The van der Waals surface area contributed by atoms with E-state index in [1.807, 2.05) is 29.9 Å². The van der Waals surface area contributed by atoms with Gasteiger partial charge in [-0.1, -0.05) is 35.9 Å². The van der Waals surface area contributed by atoms with Gasteiger partial charge in [-0.3, -0.25) is 9.59 Å². The molecule has 2 heterocycles. The Morgan fingerprint density at radius 2 is 2.06 bits per heavy atom. The van der Waals surface area contributed by atoms with Crippen molar-refractivity contribution in [1.82, 2.24) is 20.2 Å². The van der Waals surface area contributed by atoms with Crippen LogP contribution in [0.25, 0.3) is 0 Å². The number of nitrogens with two attached hydrogens (primary N) is 1. The molecule has 0 saturated heterocycles. The SMILES string of the molecule is Cn1cncc1CNC1CCOc2c(C(=O)N[C@@H](Cc3ccc(Cl)cc3)C(N)=O)cccc21. The van der Waals surface area contributed by atoms with Crippen LogP contribution in [0, 0.1) is 0 Å². The molecule has 9 heteroatoms. The molecule has 1 aromatic heterocycles. The third kappa shape index (κ3) is 5.35. The van der Waals surface area contributed by atoms with E-state index in [0.717, 1.165) is 23.2 Å². The number of benzene rings is 2. The van der Waals surface area contributed by atoms with Gasteiger partial charge in [-0.05, 0) is 23.8 Å². The van der Waals surface area contributed by atoms with Gasteiger partial charge < -0.3 is 25.7 Å². The number of rotatable bonds is 8. The van der Waals surface area contributed by atoms with E-state index in [2.05, 4.69) is 15.6 Å². The summed E-state index contributed by atoms with van der Waals surface area (Å²) in [5.41, 5.74) is 8.76. The van der Waals surface area contributed by atoms with Crippen molar-refractivity contribution >= 4 is 23.4 Å². The number of hydrogen-bond donors (Lipinski definition) is 3. The summed E-state index contributed by atoms with van der Waals surface area (Å²) in [5, 5.41) is 6.89. The van der Waals surface area contributed by atoms with Gasteiger partial charge >= 0.3 is 0 Å². The normalized spacial score (nSPS) is 15.9. The number of aryl methyl sites for hydroxylation is 1. The molecule has 0 bridgehead atoms. The molecule has 33 heavy (non-hydrogen) atoms. The maximum absolute atomic E-state index is 13.1. The molecule has 1 aliphatic heterocycles. The van der Waals surface area contributed by atoms with Gasteiger partial charge in [0.1, 0.15) is 11.8 Å². The minimum atomic E-state index is -0.864. The molecular formula is C24H26ClN5O3. The molecule has 8 nitrogen and oxygen atoms in total. The Hall–Kier alpha value is -3.36. The van der Waals surface area contributed by atoms with Crippen molar-refractivity contribution in [3.8, 4) is 5.75 Å². The van der Waals surface area contributed by atoms with Crippen LogP contribution in [-0.2, 0) is 24.8 Å². The van der Waals surface area contributed by atoms with E-state index in [0.29, 0.717) is 29.5 Å². The summed E-state index contributed by atoms with van der Waals surface area (Å²) in [4.78, 5) is 29.3. The number of carbonyl (C=O) groups excluding carboxylic acids is 2. The Balaban J connectivity index is 1.50. The van der Waals surface area contributed by atoms with Crippen LogP contribution >= 0.6 is 11.6 Å². The van der Waals surface area contributed by atoms with Crippen molar-refractivity contribution in [2.24, 2.45) is 12.8 Å². The minimum Gasteiger partial charge on any atom is -0.492 e. The maximum Gasteiger partial charge on any atom is 0.255 e. The van der Waals surface area contributed by atoms with Crippen LogP contribution in [-0.4, -0.2) is 34.0 Å². The lowest BCUT2D eigenvalue weighted by Crippen LogP contribution is -2.46. The van der Waals surface area contributed by atoms with Crippen LogP contribution in [0.5, 0.6) is 5.75 Å². The molecule has 0 spiro atoms. The van der Waals surface area contributed by atoms with Crippen molar-refractivity contribution in [3.63, 3.8) is 0 Å². The van der Waals surface area contributed by atoms with Crippen LogP contribution in [0.4, 0.5) is 0 Å². The lowest BCUT2D eigenvalue weighted by molar-refractivity contribution is -0.119. The number of nitrogens with zero attached hydrogens (tertiary/aromatic N) is 2. The summed E-state index contributed by atoms with van der Waals surface area (Å²) < 4.78 is 7.85. The van der Waals surface area contributed by atoms with Crippen LogP contribution in [0.2, 0.25) is 5.02 Å². The van der Waals surface area contributed by atoms with Crippen molar-refractivity contribution in [1.29, 1.82) is 0 Å². The molecule has 3 aromatic rings. The second kappa shape index (κ2) is 10.1. The average Bonchev–Trinajstić information content (AvgIpc) is 3.22. The van der Waals surface area contributed by atoms with Gasteiger partial charge in [0.25, 0.3) is 5.91 Å². The number of fused-ring (bicyclic) bond motifs is 1. The van der Waals surface area contributed by atoms with E-state index in [4.69, 9.17) is 22.1 Å². The number of primary amides is 1. The number of carbonyl (C=O) groups is 2. The number of para-hydroxylation sites is 1. The maximum atomic E-state index is 13.1. The Labute approximate surface area is 197 Å². The average molecular weight is 468 g/mol. The van der Waals surface area contributed by atoms with Gasteiger partial charge in [-0.25, -0.2) is 4.98 Å². The lowest BCUT2D eigenvalue weighted by atomic mass is 9.96. The molecule has 2 atom stereocenters. The van der Waals surface area contributed by atoms with Crippen LogP contribution in [0.1, 0.15) is 39.6 Å². The second-order valence-electron chi connectivity index (χ2n) is 8.05. The second-order valence-corrected chi connectivity index (χ2v) is 8.49. The lowest BCUT2D eigenvalue weighted by Gasteiger charge is -2.28. The highest BCUT2D eigenvalue weighted by molar-refractivity contribution is 6.30. The third-order valence-electron chi connectivity index (χ3n) is 5.77. The highest BCUT2D eigenvalue weighted by atomic mass is 35.5. The molecular weight excluding hydrogens is 442 g/mol. The fourth-order valence-electron chi connectivity index (χ4n) is 3.91. The fraction of sp³-hybridized carbons (Fsp3) is 0.292. The first-order valence-corrected chi connectivity index (χ1v) is 11.1. The quantitative estimate of drug-likeness (QED) is 0.471. The molecule has 0 aliphatic carbocycles. The van der Waals surface area contributed by atoms with Gasteiger partial charge in [0, 0.05) is 49.3 Å². The molecule has 1 unspecified atom stereocenters. The molecule has 2 amide bonds. The van der Waals surface area contributed by atoms with Crippen LogP contribution < -0.4 is 21.1 Å². The predicted molar refractivity (Wildman–Crippen MR) is 125 cm³/mol. The summed E-state index contributed by atoms with van der Waals surface area (Å²) in [7, 11) is 1.95. The predicted octanol–water partition coefficient (Wildman–Crippen LogP) is 2.51. The third-order valence-corrected chi connectivity index (χ3v) is 6.02. The highest BCUT2D eigenvalue weighted by Gasteiger charge is 2.28. The number of imidazole rings is 1. The first-order chi connectivity index (χ1) is 15.9. The Morgan fingerprint density at radius 3 is 2.76 bits per heavy atom. The summed E-state index contributed by atoms with van der Waals surface area (Å²) in [6.07, 6.45) is 4.62. The number of ether oxygens (including phenoxy) is 1. The Morgan fingerprint density at radius 1 is 1.27 bits per heavy atom. The summed E-state index contributed by atoms with van der Waals surface area (Å²) in [6, 6.07) is 11.7. The van der Waals surface area contributed by atoms with E-state index < -0.39 is 17.9 Å². The number of hydrogen-bond acceptors (Lipinski definition) is 5. The smallest absolute Gasteiger partial charge is 0.255 e. The number of aromatic nitrogens is 2. The van der Waals surface area contributed by atoms with Gasteiger partial charge in [0.2, 0.25) is 5.91 Å². The first kappa shape index (κ1) is 22.8. The standard InChI is InChI=1S/C24H26ClN5O3/c1-30-14-27-12-17(30)13-28-20-9-10-33-22-18(20)3-2-4-19(22)24(32)29-21(23(26)31)11-15-5-7-16(25)8-6-15/h2-8,12,14,20-21,28H,9-11,13H2,1H3,(H2,26,31)(H,29,32)/t20?,21-/m0/s1. The summed E-state index contributed by atoms with van der Waals surface area (Å²) in [5.74, 6) is -0.491. The zero-order valence-electron chi connectivity index (χ0n) is 18.3. The van der Waals surface area contributed by atoms with Gasteiger partial charge in [-0.2, -0.15) is 0 Å². The molecule has 0 radical (unpaired) electrons. The molecule has 1 aliphatic rings. The zero-order valence-corrected chi connectivity index (χ0v) is 19.0. The number of halogens is 1. The van der Waals surface area contributed by atoms with Gasteiger partial charge in [0.15, 0.2) is 0 Å². The van der Waals surface area contributed by atoms with Crippen molar-refractivity contribution in [2.75, 3.05) is 6.61 Å². The van der Waals surface area contributed by atoms with E-state index in [9.17, 15) is 9.59 Å². The topological polar surface area (TPSA) is 111 Å². The fourth-order valence-corrected chi connectivity index (χ4v) is 4.04. The van der Waals surface area contributed by atoms with Crippen molar-refractivity contribution in [2.45, 2.75) is 31.5 Å². The van der Waals surface area contributed by atoms with Crippen LogP contribution in [0.3, 0.4) is 0 Å². The van der Waals surface area contributed by atoms with Crippen molar-refractivity contribution in [3.05, 3.63) is 82.4 Å². The highest BCUT2D eigenvalue weighted by Crippen LogP contribution is 2.35. The van der Waals surface area contributed by atoms with E-state index in [-0.39, 0.29) is 12.5 Å². The molecule has 4 rings (SSSR count). The van der Waals surface area contributed by atoms with Gasteiger partial charge in [0.05, 0.1) is 24.2 Å². The Bertz CT molecular complexity index is 1150. The monoisotopic (exact) mass is 467 g/mol.